The largest absolute Gasteiger partial charge is 0.447 e. The molecular formula is C17H32N2O7. The van der Waals surface area contributed by atoms with Crippen LogP contribution in [-0.4, -0.2) is 85.2 Å². The number of unbranched alkanes of at least 4 members (excludes halogenated alkanes) is 3. The zero-order chi connectivity index (χ0) is 19.1. The molecule has 0 saturated carbocycles. The van der Waals surface area contributed by atoms with Crippen molar-refractivity contribution in [2.24, 2.45) is 4.99 Å². The minimum Gasteiger partial charge on any atom is -0.447 e. The summed E-state index contributed by atoms with van der Waals surface area (Å²) in [5, 5.41) is 2.67. The summed E-state index contributed by atoms with van der Waals surface area (Å²) in [7, 11) is 1.63. The van der Waals surface area contributed by atoms with Crippen LogP contribution in [0.25, 0.3) is 0 Å². The van der Waals surface area contributed by atoms with Gasteiger partial charge in [-0.15, -0.1) is 0 Å². The van der Waals surface area contributed by atoms with E-state index in [-0.39, 0.29) is 6.61 Å². The van der Waals surface area contributed by atoms with Crippen molar-refractivity contribution in [3.63, 3.8) is 0 Å². The van der Waals surface area contributed by atoms with Gasteiger partial charge in [-0.25, -0.2) is 14.6 Å². The number of rotatable bonds is 19. The van der Waals surface area contributed by atoms with Gasteiger partial charge in [0.2, 0.25) is 6.08 Å². The second-order valence-electron chi connectivity index (χ2n) is 5.28. The number of carbonyl (C=O) groups excluding carboxylic acids is 2. The van der Waals surface area contributed by atoms with Gasteiger partial charge in [0.1, 0.15) is 6.61 Å². The van der Waals surface area contributed by atoms with Crippen molar-refractivity contribution in [2.75, 3.05) is 73.1 Å². The average molecular weight is 376 g/mol. The molecule has 9 nitrogen and oxygen atoms in total. The van der Waals surface area contributed by atoms with Gasteiger partial charge in [-0.2, -0.15) is 0 Å². The van der Waals surface area contributed by atoms with E-state index in [0.29, 0.717) is 59.3 Å². The molecule has 0 rings (SSSR count). The van der Waals surface area contributed by atoms with E-state index >= 15 is 0 Å². The fraction of sp³-hybridized carbons (Fsp3) is 0.882. The maximum absolute atomic E-state index is 11.4. The third kappa shape index (κ3) is 20.5. The molecule has 0 aliphatic rings. The van der Waals surface area contributed by atoms with E-state index < -0.39 is 6.09 Å². The van der Waals surface area contributed by atoms with Crippen LogP contribution in [0.15, 0.2) is 4.99 Å². The lowest BCUT2D eigenvalue weighted by molar-refractivity contribution is -0.00228. The lowest BCUT2D eigenvalue weighted by Gasteiger charge is -2.08. The number of amides is 1. The van der Waals surface area contributed by atoms with Gasteiger partial charge in [-0.3, -0.25) is 0 Å². The summed E-state index contributed by atoms with van der Waals surface area (Å²) in [5.74, 6) is 0. The van der Waals surface area contributed by atoms with Crippen molar-refractivity contribution in [3.05, 3.63) is 0 Å². The van der Waals surface area contributed by atoms with Crippen molar-refractivity contribution in [2.45, 2.75) is 25.7 Å². The van der Waals surface area contributed by atoms with Crippen LogP contribution in [0.1, 0.15) is 25.7 Å². The third-order valence-corrected chi connectivity index (χ3v) is 3.17. The molecule has 0 heterocycles. The highest BCUT2D eigenvalue weighted by Crippen LogP contribution is 1.98. The van der Waals surface area contributed by atoms with Gasteiger partial charge in [0.15, 0.2) is 0 Å². The van der Waals surface area contributed by atoms with Crippen LogP contribution in [-0.2, 0) is 28.5 Å². The van der Waals surface area contributed by atoms with Crippen molar-refractivity contribution in [1.29, 1.82) is 0 Å². The maximum atomic E-state index is 11.4. The molecule has 0 fully saturated rings. The van der Waals surface area contributed by atoms with Crippen molar-refractivity contribution < 1.29 is 33.3 Å². The number of nitrogens with zero attached hydrogens (tertiary/aromatic N) is 1. The topological polar surface area (TPSA) is 105 Å². The Morgan fingerprint density at radius 3 is 2.04 bits per heavy atom. The summed E-state index contributed by atoms with van der Waals surface area (Å²) in [5.41, 5.74) is 0. The van der Waals surface area contributed by atoms with Crippen LogP contribution in [0, 0.1) is 0 Å². The Labute approximate surface area is 155 Å². The number of carbonyl (C=O) groups is 1. The SMILES string of the molecule is COCCOCCOCCOCCOC(=O)NCCCCCCN=C=O. The first-order valence-electron chi connectivity index (χ1n) is 8.97. The second-order valence-corrected chi connectivity index (χ2v) is 5.28. The first-order chi connectivity index (χ1) is 12.8. The van der Waals surface area contributed by atoms with Gasteiger partial charge >= 0.3 is 6.09 Å². The highest BCUT2D eigenvalue weighted by atomic mass is 16.6. The van der Waals surface area contributed by atoms with Crippen molar-refractivity contribution >= 4 is 12.2 Å². The lowest BCUT2D eigenvalue weighted by atomic mass is 10.2. The predicted octanol–water partition coefficient (Wildman–Crippen LogP) is 1.31. The normalized spacial score (nSPS) is 10.3. The quantitative estimate of drug-likeness (QED) is 0.206. The smallest absolute Gasteiger partial charge is 0.407 e. The lowest BCUT2D eigenvalue weighted by Crippen LogP contribution is -2.26. The Bertz CT molecular complexity index is 363. The Balaban J connectivity index is 3.16. The van der Waals surface area contributed by atoms with Gasteiger partial charge in [0.25, 0.3) is 0 Å². The number of hydrogen-bond acceptors (Lipinski definition) is 8. The van der Waals surface area contributed by atoms with Gasteiger partial charge < -0.3 is 29.0 Å². The van der Waals surface area contributed by atoms with E-state index in [9.17, 15) is 9.59 Å². The molecule has 0 radical (unpaired) electrons. The Hall–Kier alpha value is -1.51. The fourth-order valence-electron chi connectivity index (χ4n) is 1.83. The van der Waals surface area contributed by atoms with E-state index in [1.807, 2.05) is 0 Å². The summed E-state index contributed by atoms with van der Waals surface area (Å²) in [6.07, 6.45) is 4.73. The first-order valence-corrected chi connectivity index (χ1v) is 8.97. The molecule has 152 valence electrons. The summed E-state index contributed by atoms with van der Waals surface area (Å²) < 4.78 is 25.7. The van der Waals surface area contributed by atoms with Gasteiger partial charge in [0.05, 0.1) is 52.8 Å². The minimum absolute atomic E-state index is 0.204. The molecule has 0 atom stereocenters. The summed E-state index contributed by atoms with van der Waals surface area (Å²) >= 11 is 0. The van der Waals surface area contributed by atoms with Gasteiger partial charge in [0, 0.05) is 13.7 Å². The van der Waals surface area contributed by atoms with Crippen LogP contribution in [0.4, 0.5) is 4.79 Å². The van der Waals surface area contributed by atoms with Crippen LogP contribution < -0.4 is 5.32 Å². The highest BCUT2D eigenvalue weighted by Gasteiger charge is 2.00. The molecule has 0 aliphatic heterocycles. The van der Waals surface area contributed by atoms with Crippen molar-refractivity contribution in [1.82, 2.24) is 5.32 Å². The molecule has 0 aliphatic carbocycles. The molecule has 0 aromatic rings. The summed E-state index contributed by atoms with van der Waals surface area (Å²) in [6.45, 7) is 4.71. The third-order valence-electron chi connectivity index (χ3n) is 3.17. The number of nitrogens with one attached hydrogen (secondary N) is 1. The zero-order valence-electron chi connectivity index (χ0n) is 15.7. The zero-order valence-corrected chi connectivity index (χ0v) is 15.7. The Kier molecular flexibility index (Phi) is 20.3. The molecule has 0 aromatic heterocycles. The number of aliphatic imine (C=N–C) groups is 1. The molecule has 0 aromatic carbocycles. The Morgan fingerprint density at radius 2 is 1.42 bits per heavy atom. The number of hydrogen-bond donors (Lipinski definition) is 1. The summed E-state index contributed by atoms with van der Waals surface area (Å²) in [6, 6.07) is 0. The van der Waals surface area contributed by atoms with Crippen LogP contribution in [0.5, 0.6) is 0 Å². The number of isocyanates is 1. The van der Waals surface area contributed by atoms with E-state index in [4.69, 9.17) is 23.7 Å². The molecule has 1 amide bonds. The molecular weight excluding hydrogens is 344 g/mol. The number of ether oxygens (including phenoxy) is 5. The molecule has 1 N–H and O–H groups in total. The highest BCUT2D eigenvalue weighted by molar-refractivity contribution is 5.66. The average Bonchev–Trinajstić information content (AvgIpc) is 2.65. The van der Waals surface area contributed by atoms with E-state index in [1.165, 1.54) is 6.08 Å². The number of methoxy groups -OCH3 is 1. The van der Waals surface area contributed by atoms with Gasteiger partial charge in [-0.1, -0.05) is 12.8 Å². The Morgan fingerprint density at radius 1 is 0.846 bits per heavy atom. The molecule has 26 heavy (non-hydrogen) atoms. The second kappa shape index (κ2) is 21.5. The molecule has 9 heteroatoms. The molecule has 0 unspecified atom stereocenters. The van der Waals surface area contributed by atoms with Crippen molar-refractivity contribution in [3.8, 4) is 0 Å². The van der Waals surface area contributed by atoms with E-state index in [1.54, 1.807) is 7.11 Å². The maximum Gasteiger partial charge on any atom is 0.407 e. The van der Waals surface area contributed by atoms with Crippen LogP contribution in [0.3, 0.4) is 0 Å². The standard InChI is InChI=1S/C17H32N2O7/c1-22-8-9-23-10-11-24-12-13-25-14-15-26-17(21)19-7-5-3-2-4-6-18-16-20/h2-15H2,1H3,(H,19,21). The monoisotopic (exact) mass is 376 g/mol. The first kappa shape index (κ1) is 24.5. The van der Waals surface area contributed by atoms with Gasteiger partial charge in [-0.05, 0) is 12.8 Å². The number of alkyl carbamates (subject to hydrolysis) is 1. The fourth-order valence-corrected chi connectivity index (χ4v) is 1.83. The molecule has 0 spiro atoms. The van der Waals surface area contributed by atoms with Crippen LogP contribution >= 0.6 is 0 Å². The minimum atomic E-state index is -0.441. The molecule has 0 bridgehead atoms. The summed E-state index contributed by atoms with van der Waals surface area (Å²) in [4.78, 5) is 24.7. The van der Waals surface area contributed by atoms with Crippen LogP contribution in [0.2, 0.25) is 0 Å². The van der Waals surface area contributed by atoms with E-state index in [0.717, 1.165) is 25.7 Å². The predicted molar refractivity (Wildman–Crippen MR) is 95.1 cm³/mol. The van der Waals surface area contributed by atoms with E-state index in [2.05, 4.69) is 10.3 Å². The molecule has 0 saturated heterocycles.